The van der Waals surface area contributed by atoms with E-state index in [0.29, 0.717) is 37.0 Å². The summed E-state index contributed by atoms with van der Waals surface area (Å²) < 4.78 is 10.6. The van der Waals surface area contributed by atoms with E-state index >= 15 is 0 Å². The van der Waals surface area contributed by atoms with Crippen LogP contribution in [0.5, 0.6) is 0 Å². The summed E-state index contributed by atoms with van der Waals surface area (Å²) >= 11 is 0. The van der Waals surface area contributed by atoms with Crippen molar-refractivity contribution in [3.05, 3.63) is 59.7 Å². The number of aromatic nitrogens is 2. The van der Waals surface area contributed by atoms with Crippen molar-refractivity contribution in [2.24, 2.45) is 0 Å². The number of hydrogen-bond donors (Lipinski definition) is 0. The van der Waals surface area contributed by atoms with Crippen LogP contribution in [0.15, 0.2) is 47.0 Å². The lowest BCUT2D eigenvalue weighted by Crippen LogP contribution is -2.43. The van der Waals surface area contributed by atoms with E-state index in [-0.39, 0.29) is 11.9 Å². The van der Waals surface area contributed by atoms with Crippen LogP contribution in [0, 0.1) is 6.92 Å². The van der Waals surface area contributed by atoms with Crippen LogP contribution in [0.3, 0.4) is 0 Å². The van der Waals surface area contributed by atoms with Gasteiger partial charge in [-0.25, -0.2) is 0 Å². The quantitative estimate of drug-likeness (QED) is 0.725. The molecule has 3 aromatic rings. The first-order valence-electron chi connectivity index (χ1n) is 7.91. The highest BCUT2D eigenvalue weighted by Gasteiger charge is 2.33. The van der Waals surface area contributed by atoms with E-state index in [2.05, 4.69) is 10.1 Å². The SMILES string of the molecule is Cc1nc([C@H]2COCCN2C(=O)c2cccc3ccccc23)no1. The van der Waals surface area contributed by atoms with Crippen LogP contribution in [-0.4, -0.2) is 40.7 Å². The maximum atomic E-state index is 13.2. The fourth-order valence-corrected chi connectivity index (χ4v) is 3.08. The Balaban J connectivity index is 1.73. The average molecular weight is 323 g/mol. The van der Waals surface area contributed by atoms with Crippen LogP contribution in [0.2, 0.25) is 0 Å². The van der Waals surface area contributed by atoms with E-state index in [1.54, 1.807) is 11.8 Å². The zero-order valence-electron chi connectivity index (χ0n) is 13.3. The number of fused-ring (bicyclic) bond motifs is 1. The van der Waals surface area contributed by atoms with Crippen molar-refractivity contribution in [1.29, 1.82) is 0 Å². The van der Waals surface area contributed by atoms with Crippen molar-refractivity contribution in [3.63, 3.8) is 0 Å². The number of ether oxygens (including phenoxy) is 1. The zero-order chi connectivity index (χ0) is 16.5. The minimum atomic E-state index is -0.331. The molecule has 0 aliphatic carbocycles. The molecule has 0 unspecified atom stereocenters. The van der Waals surface area contributed by atoms with Gasteiger partial charge in [-0.1, -0.05) is 41.6 Å². The normalized spacial score (nSPS) is 18.0. The molecule has 24 heavy (non-hydrogen) atoms. The second-order valence-electron chi connectivity index (χ2n) is 5.79. The Hall–Kier alpha value is -2.73. The van der Waals surface area contributed by atoms with Crippen LogP contribution in [0.25, 0.3) is 10.8 Å². The van der Waals surface area contributed by atoms with Crippen LogP contribution in [0.1, 0.15) is 28.1 Å². The van der Waals surface area contributed by atoms with Crippen molar-refractivity contribution in [3.8, 4) is 0 Å². The van der Waals surface area contributed by atoms with E-state index < -0.39 is 0 Å². The number of benzene rings is 2. The molecule has 1 aliphatic rings. The van der Waals surface area contributed by atoms with Crippen LogP contribution < -0.4 is 0 Å². The molecule has 1 amide bonds. The molecule has 2 aromatic carbocycles. The number of carbonyl (C=O) groups is 1. The third kappa shape index (κ3) is 2.55. The standard InChI is InChI=1S/C18H17N3O3/c1-12-19-17(20-24-12)16-11-23-10-9-21(16)18(22)15-8-4-6-13-5-2-3-7-14(13)15/h2-8,16H,9-11H2,1H3/t16-/m1/s1. The largest absolute Gasteiger partial charge is 0.377 e. The zero-order valence-corrected chi connectivity index (χ0v) is 13.3. The molecule has 1 saturated heterocycles. The lowest BCUT2D eigenvalue weighted by Gasteiger charge is -2.34. The molecular weight excluding hydrogens is 306 g/mol. The fraction of sp³-hybridized carbons (Fsp3) is 0.278. The van der Waals surface area contributed by atoms with Gasteiger partial charge < -0.3 is 14.2 Å². The molecular formula is C18H17N3O3. The molecule has 4 rings (SSSR count). The number of morpholine rings is 1. The van der Waals surface area contributed by atoms with E-state index in [1.165, 1.54) is 0 Å². The van der Waals surface area contributed by atoms with E-state index in [1.807, 2.05) is 42.5 Å². The van der Waals surface area contributed by atoms with Crippen molar-refractivity contribution in [1.82, 2.24) is 15.0 Å². The summed E-state index contributed by atoms with van der Waals surface area (Å²) in [6.45, 7) is 3.11. The Labute approximate surface area is 139 Å². The van der Waals surface area contributed by atoms with Gasteiger partial charge in [0.25, 0.3) is 5.91 Å². The maximum absolute atomic E-state index is 13.2. The van der Waals surface area contributed by atoms with E-state index in [4.69, 9.17) is 9.26 Å². The minimum absolute atomic E-state index is 0.0393. The van der Waals surface area contributed by atoms with Crippen LogP contribution in [-0.2, 0) is 4.74 Å². The summed E-state index contributed by atoms with van der Waals surface area (Å²) in [6.07, 6.45) is 0. The van der Waals surface area contributed by atoms with Gasteiger partial charge in [0.2, 0.25) is 5.89 Å². The average Bonchev–Trinajstić information content (AvgIpc) is 3.07. The first-order valence-corrected chi connectivity index (χ1v) is 7.91. The first kappa shape index (κ1) is 14.8. The van der Waals surface area contributed by atoms with Crippen LogP contribution >= 0.6 is 0 Å². The van der Waals surface area contributed by atoms with Crippen molar-refractivity contribution < 1.29 is 14.1 Å². The predicted molar refractivity (Wildman–Crippen MR) is 87.6 cm³/mol. The van der Waals surface area contributed by atoms with E-state index in [0.717, 1.165) is 10.8 Å². The van der Waals surface area contributed by atoms with Gasteiger partial charge in [-0.3, -0.25) is 4.79 Å². The van der Waals surface area contributed by atoms with Gasteiger partial charge in [-0.15, -0.1) is 0 Å². The lowest BCUT2D eigenvalue weighted by atomic mass is 10.0. The molecule has 0 N–H and O–H groups in total. The topological polar surface area (TPSA) is 68.5 Å². The van der Waals surface area contributed by atoms with Gasteiger partial charge in [0, 0.05) is 19.0 Å². The molecule has 0 spiro atoms. The molecule has 6 nitrogen and oxygen atoms in total. The van der Waals surface area contributed by atoms with Gasteiger partial charge in [0.05, 0.1) is 13.2 Å². The third-order valence-corrected chi connectivity index (χ3v) is 4.25. The van der Waals surface area contributed by atoms with Gasteiger partial charge in [0.1, 0.15) is 6.04 Å². The number of hydrogen-bond acceptors (Lipinski definition) is 5. The molecule has 1 fully saturated rings. The molecule has 6 heteroatoms. The third-order valence-electron chi connectivity index (χ3n) is 4.25. The molecule has 1 aromatic heterocycles. The molecule has 1 aliphatic heterocycles. The summed E-state index contributed by atoms with van der Waals surface area (Å²) in [6, 6.07) is 13.3. The van der Waals surface area contributed by atoms with Gasteiger partial charge in [0.15, 0.2) is 5.82 Å². The number of nitrogens with zero attached hydrogens (tertiary/aromatic N) is 3. The Morgan fingerprint density at radius 1 is 1.21 bits per heavy atom. The monoisotopic (exact) mass is 323 g/mol. The highest BCUT2D eigenvalue weighted by Crippen LogP contribution is 2.27. The van der Waals surface area contributed by atoms with E-state index in [9.17, 15) is 4.79 Å². The molecule has 2 heterocycles. The summed E-state index contributed by atoms with van der Waals surface area (Å²) in [7, 11) is 0. The van der Waals surface area contributed by atoms with Crippen LogP contribution in [0.4, 0.5) is 0 Å². The molecule has 0 saturated carbocycles. The van der Waals surface area contributed by atoms with Gasteiger partial charge in [-0.2, -0.15) is 4.98 Å². The predicted octanol–water partition coefficient (Wildman–Crippen LogP) is 2.74. The molecule has 0 radical (unpaired) electrons. The second kappa shape index (κ2) is 6.05. The summed E-state index contributed by atoms with van der Waals surface area (Å²) in [5, 5.41) is 5.96. The fourth-order valence-electron chi connectivity index (χ4n) is 3.08. The summed E-state index contributed by atoms with van der Waals surface area (Å²) in [5.74, 6) is 0.927. The highest BCUT2D eigenvalue weighted by atomic mass is 16.5. The smallest absolute Gasteiger partial charge is 0.255 e. The Morgan fingerprint density at radius 3 is 2.88 bits per heavy atom. The number of carbonyl (C=O) groups excluding carboxylic acids is 1. The number of amides is 1. The van der Waals surface area contributed by atoms with Gasteiger partial charge in [-0.05, 0) is 16.8 Å². The first-order chi connectivity index (χ1) is 11.7. The summed E-state index contributed by atoms with van der Waals surface area (Å²) in [5.41, 5.74) is 0.681. The van der Waals surface area contributed by atoms with Gasteiger partial charge >= 0.3 is 0 Å². The minimum Gasteiger partial charge on any atom is -0.377 e. The number of aryl methyl sites for hydroxylation is 1. The summed E-state index contributed by atoms with van der Waals surface area (Å²) in [4.78, 5) is 19.2. The number of rotatable bonds is 2. The molecule has 122 valence electrons. The van der Waals surface area contributed by atoms with Crippen molar-refractivity contribution in [2.75, 3.05) is 19.8 Å². The Morgan fingerprint density at radius 2 is 2.04 bits per heavy atom. The Kier molecular flexibility index (Phi) is 3.74. The second-order valence-corrected chi connectivity index (χ2v) is 5.79. The highest BCUT2D eigenvalue weighted by molar-refractivity contribution is 6.07. The van der Waals surface area contributed by atoms with Crippen molar-refractivity contribution in [2.45, 2.75) is 13.0 Å². The molecule has 1 atom stereocenters. The Bertz CT molecular complexity index is 885. The van der Waals surface area contributed by atoms with Crippen molar-refractivity contribution >= 4 is 16.7 Å². The lowest BCUT2D eigenvalue weighted by molar-refractivity contribution is -0.00566. The molecule has 0 bridgehead atoms. The maximum Gasteiger partial charge on any atom is 0.255 e.